The van der Waals surface area contributed by atoms with Crippen molar-refractivity contribution >= 4 is 17.1 Å². The Bertz CT molecular complexity index is 914. The molecule has 2 N–H and O–H groups in total. The van der Waals surface area contributed by atoms with E-state index >= 15 is 0 Å². The van der Waals surface area contributed by atoms with Crippen molar-refractivity contribution in [1.82, 2.24) is 4.98 Å². The van der Waals surface area contributed by atoms with Crippen molar-refractivity contribution in [2.24, 2.45) is 4.99 Å². The average Bonchev–Trinajstić information content (AvgIpc) is 2.62. The minimum absolute atomic E-state index is 0.179. The van der Waals surface area contributed by atoms with Gasteiger partial charge in [-0.2, -0.15) is 0 Å². The van der Waals surface area contributed by atoms with Crippen LogP contribution in [0.1, 0.15) is 17.2 Å². The third-order valence-electron chi connectivity index (χ3n) is 3.79. The number of hydrogen-bond acceptors (Lipinski definition) is 4. The van der Waals surface area contributed by atoms with Crippen LogP contribution in [0.3, 0.4) is 0 Å². The quantitative estimate of drug-likeness (QED) is 0.709. The van der Waals surface area contributed by atoms with Crippen LogP contribution < -0.4 is 10.3 Å². The molecule has 5 heteroatoms. The fourth-order valence-corrected chi connectivity index (χ4v) is 2.44. The number of aliphatic imine (C=N–C) groups is 1. The van der Waals surface area contributed by atoms with Gasteiger partial charge < -0.3 is 14.8 Å². The number of pyridine rings is 1. The van der Waals surface area contributed by atoms with Crippen LogP contribution in [-0.2, 0) is 0 Å². The Morgan fingerprint density at radius 1 is 1.21 bits per heavy atom. The molecule has 1 unspecified atom stereocenters. The molecule has 0 saturated heterocycles. The fraction of sp³-hybridized carbons (Fsp3) is 0.158. The molecular formula is C19H18N2O3. The first-order valence-electron chi connectivity index (χ1n) is 7.61. The zero-order valence-electron chi connectivity index (χ0n) is 13.3. The third-order valence-corrected chi connectivity index (χ3v) is 3.79. The van der Waals surface area contributed by atoms with Gasteiger partial charge in [0.1, 0.15) is 5.75 Å². The number of hydrogen-bond donors (Lipinski definition) is 2. The normalized spacial score (nSPS) is 12.6. The number of para-hydroxylation sites is 1. The summed E-state index contributed by atoms with van der Waals surface area (Å²) in [5.74, 6) is 0.733. The molecule has 1 atom stereocenters. The van der Waals surface area contributed by atoms with E-state index in [4.69, 9.17) is 4.74 Å². The van der Waals surface area contributed by atoms with Crippen molar-refractivity contribution in [3.05, 3.63) is 76.1 Å². The maximum atomic E-state index is 12.0. The first-order valence-corrected chi connectivity index (χ1v) is 7.61. The summed E-state index contributed by atoms with van der Waals surface area (Å²) in [4.78, 5) is 19.0. The molecule has 0 amide bonds. The lowest BCUT2D eigenvalue weighted by Gasteiger charge is -2.08. The molecule has 5 nitrogen and oxygen atoms in total. The van der Waals surface area contributed by atoms with E-state index in [0.717, 1.165) is 22.2 Å². The zero-order chi connectivity index (χ0) is 16.9. The second-order valence-corrected chi connectivity index (χ2v) is 5.42. The highest BCUT2D eigenvalue weighted by Gasteiger charge is 2.06. The monoisotopic (exact) mass is 322 g/mol. The van der Waals surface area contributed by atoms with E-state index in [9.17, 15) is 9.90 Å². The van der Waals surface area contributed by atoms with Crippen LogP contribution in [0, 0.1) is 0 Å². The summed E-state index contributed by atoms with van der Waals surface area (Å²) in [7, 11) is 1.59. The number of benzene rings is 2. The summed E-state index contributed by atoms with van der Waals surface area (Å²) in [5.41, 5.74) is 1.81. The number of H-pyrrole nitrogens is 1. The molecule has 24 heavy (non-hydrogen) atoms. The molecule has 1 heterocycles. The second kappa shape index (κ2) is 7.10. The van der Waals surface area contributed by atoms with Gasteiger partial charge in [-0.3, -0.25) is 9.79 Å². The maximum Gasteiger partial charge on any atom is 0.257 e. The summed E-state index contributed by atoms with van der Waals surface area (Å²) in [5, 5.41) is 11.1. The molecule has 0 aliphatic carbocycles. The zero-order valence-corrected chi connectivity index (χ0v) is 13.3. The number of aromatic nitrogens is 1. The van der Waals surface area contributed by atoms with Crippen molar-refractivity contribution in [2.75, 3.05) is 13.7 Å². The Morgan fingerprint density at radius 3 is 2.71 bits per heavy atom. The van der Waals surface area contributed by atoms with E-state index in [0.29, 0.717) is 5.56 Å². The van der Waals surface area contributed by atoms with Crippen molar-refractivity contribution in [2.45, 2.75) is 6.10 Å². The van der Waals surface area contributed by atoms with Gasteiger partial charge in [0.2, 0.25) is 0 Å². The van der Waals surface area contributed by atoms with Gasteiger partial charge in [-0.25, -0.2) is 0 Å². The number of methoxy groups -OCH3 is 1. The van der Waals surface area contributed by atoms with Gasteiger partial charge in [0.05, 0.1) is 25.3 Å². The minimum Gasteiger partial charge on any atom is -0.497 e. The standard InChI is InChI=1S/C19H18N2O3/c1-24-16-8-6-13(7-9-16)18(22)12-20-11-15-10-14-4-2-3-5-17(14)21-19(15)23/h2-11,18,22H,12H2,1H3,(H,21,23). The lowest BCUT2D eigenvalue weighted by atomic mass is 10.1. The number of aliphatic hydroxyl groups excluding tert-OH is 1. The number of aromatic amines is 1. The van der Waals surface area contributed by atoms with Gasteiger partial charge in [0.15, 0.2) is 0 Å². The molecule has 0 fully saturated rings. The highest BCUT2D eigenvalue weighted by Crippen LogP contribution is 2.17. The summed E-state index contributed by atoms with van der Waals surface area (Å²) in [6, 6.07) is 16.5. The Labute approximate surface area is 139 Å². The molecule has 0 spiro atoms. The topological polar surface area (TPSA) is 74.7 Å². The third kappa shape index (κ3) is 3.52. The van der Waals surface area contributed by atoms with E-state index in [1.807, 2.05) is 24.3 Å². The van der Waals surface area contributed by atoms with Crippen LogP contribution in [0.5, 0.6) is 5.75 Å². The van der Waals surface area contributed by atoms with Crippen LogP contribution in [0.25, 0.3) is 10.9 Å². The fourth-order valence-electron chi connectivity index (χ4n) is 2.44. The molecular weight excluding hydrogens is 304 g/mol. The molecule has 0 bridgehead atoms. The highest BCUT2D eigenvalue weighted by atomic mass is 16.5. The van der Waals surface area contributed by atoms with Crippen LogP contribution in [-0.4, -0.2) is 30.0 Å². The SMILES string of the molecule is COc1ccc(C(O)CN=Cc2cc3ccccc3[nH]c2=O)cc1. The molecule has 3 rings (SSSR count). The molecule has 3 aromatic rings. The molecule has 0 saturated carbocycles. The number of ether oxygens (including phenoxy) is 1. The van der Waals surface area contributed by atoms with Crippen molar-refractivity contribution in [3.63, 3.8) is 0 Å². The summed E-state index contributed by atoms with van der Waals surface area (Å²) >= 11 is 0. The van der Waals surface area contributed by atoms with E-state index in [2.05, 4.69) is 9.98 Å². The molecule has 0 aliphatic rings. The number of rotatable bonds is 5. The van der Waals surface area contributed by atoms with Gasteiger partial charge in [-0.1, -0.05) is 30.3 Å². The predicted molar refractivity (Wildman–Crippen MR) is 95.0 cm³/mol. The smallest absolute Gasteiger partial charge is 0.257 e. The lowest BCUT2D eigenvalue weighted by Crippen LogP contribution is -2.12. The van der Waals surface area contributed by atoms with E-state index < -0.39 is 6.10 Å². The Hall–Kier alpha value is -2.92. The molecule has 0 radical (unpaired) electrons. The number of nitrogens with zero attached hydrogens (tertiary/aromatic N) is 1. The van der Waals surface area contributed by atoms with E-state index in [-0.39, 0.29) is 12.1 Å². The molecule has 0 aliphatic heterocycles. The number of aliphatic hydroxyl groups is 1. The van der Waals surface area contributed by atoms with Gasteiger partial charge in [-0.15, -0.1) is 0 Å². The predicted octanol–water partition coefficient (Wildman–Crippen LogP) is 2.69. The van der Waals surface area contributed by atoms with Crippen LogP contribution in [0.15, 0.2) is 64.4 Å². The van der Waals surface area contributed by atoms with Crippen molar-refractivity contribution in [1.29, 1.82) is 0 Å². The van der Waals surface area contributed by atoms with Gasteiger partial charge >= 0.3 is 0 Å². The van der Waals surface area contributed by atoms with Gasteiger partial charge in [0.25, 0.3) is 5.56 Å². The summed E-state index contributed by atoms with van der Waals surface area (Å²) < 4.78 is 5.09. The Kier molecular flexibility index (Phi) is 4.72. The van der Waals surface area contributed by atoms with Gasteiger partial charge in [-0.05, 0) is 35.2 Å². The molecule has 2 aromatic carbocycles. The maximum absolute atomic E-state index is 12.0. The largest absolute Gasteiger partial charge is 0.497 e. The summed E-state index contributed by atoms with van der Waals surface area (Å²) in [6.07, 6.45) is 0.768. The first-order chi connectivity index (χ1) is 11.7. The number of fused-ring (bicyclic) bond motifs is 1. The highest BCUT2D eigenvalue weighted by molar-refractivity contribution is 5.87. The molecule has 1 aromatic heterocycles. The van der Waals surface area contributed by atoms with Crippen LogP contribution in [0.2, 0.25) is 0 Å². The first kappa shape index (κ1) is 16.0. The van der Waals surface area contributed by atoms with Crippen LogP contribution in [0.4, 0.5) is 0 Å². The van der Waals surface area contributed by atoms with E-state index in [1.54, 1.807) is 37.4 Å². The average molecular weight is 322 g/mol. The van der Waals surface area contributed by atoms with Crippen molar-refractivity contribution in [3.8, 4) is 5.75 Å². The number of nitrogens with one attached hydrogen (secondary N) is 1. The van der Waals surface area contributed by atoms with E-state index in [1.165, 1.54) is 6.21 Å². The summed E-state index contributed by atoms with van der Waals surface area (Å²) in [6.45, 7) is 0.179. The minimum atomic E-state index is -0.730. The Balaban J connectivity index is 1.73. The van der Waals surface area contributed by atoms with Crippen molar-refractivity contribution < 1.29 is 9.84 Å². The lowest BCUT2D eigenvalue weighted by molar-refractivity contribution is 0.187. The molecule has 122 valence electrons. The van der Waals surface area contributed by atoms with Crippen LogP contribution >= 0.6 is 0 Å². The van der Waals surface area contributed by atoms with Gasteiger partial charge in [0, 0.05) is 11.7 Å². The second-order valence-electron chi connectivity index (χ2n) is 5.42. The Morgan fingerprint density at radius 2 is 1.96 bits per heavy atom.